The van der Waals surface area contributed by atoms with E-state index in [1.807, 2.05) is 17.6 Å². The van der Waals surface area contributed by atoms with Gasteiger partial charge in [-0.15, -0.1) is 0 Å². The van der Waals surface area contributed by atoms with Crippen LogP contribution in [0.1, 0.15) is 26.3 Å². The molecule has 1 aromatic carbocycles. The number of carbonyl (C=O) groups is 3. The summed E-state index contributed by atoms with van der Waals surface area (Å²) in [5.74, 6) is -2.11. The van der Waals surface area contributed by atoms with E-state index in [0.29, 0.717) is 11.8 Å². The van der Waals surface area contributed by atoms with Crippen LogP contribution in [-0.2, 0) is 19.8 Å². The molecule has 1 aromatic rings. The molecule has 0 aliphatic rings. The van der Waals surface area contributed by atoms with Gasteiger partial charge in [0.15, 0.2) is 6.61 Å². The lowest BCUT2D eigenvalue weighted by atomic mass is 9.87. The molecule has 0 aromatic heterocycles. The van der Waals surface area contributed by atoms with E-state index in [2.05, 4.69) is 42.1 Å². The van der Waals surface area contributed by atoms with Crippen LogP contribution in [0.15, 0.2) is 34.8 Å². The van der Waals surface area contributed by atoms with Crippen molar-refractivity contribution in [3.05, 3.63) is 40.4 Å². The number of hydrazine groups is 1. The van der Waals surface area contributed by atoms with Crippen LogP contribution in [0, 0.1) is 0 Å². The maximum absolute atomic E-state index is 11.6. The summed E-state index contributed by atoms with van der Waals surface area (Å²) in [6, 6.07) is 5.59. The lowest BCUT2D eigenvalue weighted by Gasteiger charge is -2.20. The van der Waals surface area contributed by atoms with Crippen molar-refractivity contribution in [2.45, 2.75) is 26.2 Å². The number of halogens is 1. The predicted molar refractivity (Wildman–Crippen MR) is 91.4 cm³/mol. The molecule has 7 nitrogen and oxygen atoms in total. The molecule has 0 saturated heterocycles. The van der Waals surface area contributed by atoms with E-state index in [9.17, 15) is 14.4 Å². The van der Waals surface area contributed by atoms with Crippen LogP contribution < -0.4 is 15.6 Å². The molecule has 3 N–H and O–H groups in total. The van der Waals surface area contributed by atoms with Gasteiger partial charge in [-0.1, -0.05) is 26.8 Å². The normalized spacial score (nSPS) is 11.2. The second-order valence-corrected chi connectivity index (χ2v) is 6.75. The number of ether oxygens (including phenoxy) is 1. The summed E-state index contributed by atoms with van der Waals surface area (Å²) in [6.07, 6.45) is 1.44. The van der Waals surface area contributed by atoms with Crippen LogP contribution in [0.4, 0.5) is 0 Å². The summed E-state index contributed by atoms with van der Waals surface area (Å²) >= 11 is 3.39. The molecule has 0 heterocycles. The maximum atomic E-state index is 11.6. The summed E-state index contributed by atoms with van der Waals surface area (Å²) in [7, 11) is 0. The Bertz CT molecular complexity index is 665. The molecule has 0 fully saturated rings. The van der Waals surface area contributed by atoms with Gasteiger partial charge in [0.25, 0.3) is 11.8 Å². The molecule has 1 rings (SSSR count). The smallest absolute Gasteiger partial charge is 0.328 e. The highest BCUT2D eigenvalue weighted by Gasteiger charge is 2.15. The fraction of sp³-hybridized carbons (Fsp3) is 0.312. The van der Waals surface area contributed by atoms with Gasteiger partial charge in [-0.25, -0.2) is 4.79 Å². The zero-order valence-corrected chi connectivity index (χ0v) is 15.1. The Labute approximate surface area is 148 Å². The van der Waals surface area contributed by atoms with Gasteiger partial charge in [0, 0.05) is 12.2 Å². The molecule has 0 aliphatic carbocycles. The van der Waals surface area contributed by atoms with E-state index in [1.165, 1.54) is 0 Å². The Morgan fingerprint density at radius 2 is 1.88 bits per heavy atom. The molecule has 0 bridgehead atoms. The summed E-state index contributed by atoms with van der Waals surface area (Å²) in [4.78, 5) is 33.0. The molecule has 0 aliphatic heterocycles. The molecule has 130 valence electrons. The van der Waals surface area contributed by atoms with Crippen molar-refractivity contribution >= 4 is 33.7 Å². The molecule has 0 radical (unpaired) electrons. The number of nitrogens with one attached hydrogen (secondary N) is 2. The average Bonchev–Trinajstić information content (AvgIpc) is 2.48. The van der Waals surface area contributed by atoms with Crippen molar-refractivity contribution in [2.75, 3.05) is 6.61 Å². The van der Waals surface area contributed by atoms with E-state index < -0.39 is 17.8 Å². The van der Waals surface area contributed by atoms with Gasteiger partial charge < -0.3 is 9.84 Å². The average molecular weight is 399 g/mol. The van der Waals surface area contributed by atoms with Crippen molar-refractivity contribution in [2.24, 2.45) is 0 Å². The third kappa shape index (κ3) is 6.82. The lowest BCUT2D eigenvalue weighted by Crippen LogP contribution is -2.43. The van der Waals surface area contributed by atoms with Gasteiger partial charge >= 0.3 is 5.97 Å². The summed E-state index contributed by atoms with van der Waals surface area (Å²) < 4.78 is 6.09. The summed E-state index contributed by atoms with van der Waals surface area (Å²) in [5, 5.41) is 8.37. The molecule has 2 amide bonds. The SMILES string of the molecule is CC(C)(C)c1ccc(OCC(=O)NNC(=O)/C=C\C(=O)O)c(Br)c1. The highest BCUT2D eigenvalue weighted by atomic mass is 79.9. The summed E-state index contributed by atoms with van der Waals surface area (Å²) in [6.45, 7) is 5.95. The van der Waals surface area contributed by atoms with Crippen molar-refractivity contribution in [3.8, 4) is 5.75 Å². The van der Waals surface area contributed by atoms with E-state index in [-0.39, 0.29) is 12.0 Å². The molecule has 0 unspecified atom stereocenters. The molecular formula is C16H19BrN2O5. The molecule has 0 spiro atoms. The Hall–Kier alpha value is -2.35. The predicted octanol–water partition coefficient (Wildman–Crippen LogP) is 1.91. The van der Waals surface area contributed by atoms with Crippen LogP contribution in [0.5, 0.6) is 5.75 Å². The quantitative estimate of drug-likeness (QED) is 0.518. The fourth-order valence-corrected chi connectivity index (χ4v) is 2.08. The number of aliphatic carboxylic acids is 1. The fourth-order valence-electron chi connectivity index (χ4n) is 1.58. The number of carboxylic acids is 1. The molecule has 0 atom stereocenters. The minimum atomic E-state index is -1.26. The van der Waals surface area contributed by atoms with Crippen LogP contribution in [0.3, 0.4) is 0 Å². The number of hydrogen-bond acceptors (Lipinski definition) is 4. The Kier molecular flexibility index (Phi) is 6.97. The van der Waals surface area contributed by atoms with E-state index in [1.54, 1.807) is 6.07 Å². The highest BCUT2D eigenvalue weighted by Crippen LogP contribution is 2.31. The van der Waals surface area contributed by atoms with E-state index in [4.69, 9.17) is 9.84 Å². The zero-order valence-electron chi connectivity index (χ0n) is 13.6. The lowest BCUT2D eigenvalue weighted by molar-refractivity contribution is -0.131. The second kappa shape index (κ2) is 8.49. The van der Waals surface area contributed by atoms with Gasteiger partial charge in [-0.3, -0.25) is 20.4 Å². The Balaban J connectivity index is 2.50. The second-order valence-electron chi connectivity index (χ2n) is 5.89. The van der Waals surface area contributed by atoms with Gasteiger partial charge in [0.1, 0.15) is 5.75 Å². The first kappa shape index (κ1) is 19.7. The van der Waals surface area contributed by atoms with Gasteiger partial charge in [0.2, 0.25) is 0 Å². The number of benzene rings is 1. The summed E-state index contributed by atoms with van der Waals surface area (Å²) in [5.41, 5.74) is 5.25. The van der Waals surface area contributed by atoms with Crippen LogP contribution in [-0.4, -0.2) is 29.5 Å². The maximum Gasteiger partial charge on any atom is 0.328 e. The van der Waals surface area contributed by atoms with E-state index >= 15 is 0 Å². The molecule has 0 saturated carbocycles. The zero-order chi connectivity index (χ0) is 18.3. The topological polar surface area (TPSA) is 105 Å². The molecule has 24 heavy (non-hydrogen) atoms. The van der Waals surface area contributed by atoms with E-state index in [0.717, 1.165) is 16.1 Å². The third-order valence-corrected chi connectivity index (χ3v) is 3.48. The Morgan fingerprint density at radius 3 is 2.42 bits per heavy atom. The highest BCUT2D eigenvalue weighted by molar-refractivity contribution is 9.10. The number of carboxylic acid groups (broad SMARTS) is 1. The number of hydrogen-bond donors (Lipinski definition) is 3. The first-order valence-electron chi connectivity index (χ1n) is 7.02. The minimum absolute atomic E-state index is 0.00776. The minimum Gasteiger partial charge on any atom is -0.483 e. The van der Waals surface area contributed by atoms with Crippen LogP contribution >= 0.6 is 15.9 Å². The molecular weight excluding hydrogens is 380 g/mol. The Morgan fingerprint density at radius 1 is 1.21 bits per heavy atom. The number of rotatable bonds is 5. The van der Waals surface area contributed by atoms with Crippen molar-refractivity contribution in [3.63, 3.8) is 0 Å². The monoisotopic (exact) mass is 398 g/mol. The van der Waals surface area contributed by atoms with Gasteiger partial charge in [-0.2, -0.15) is 0 Å². The third-order valence-electron chi connectivity index (χ3n) is 2.86. The van der Waals surface area contributed by atoms with Crippen molar-refractivity contribution < 1.29 is 24.2 Å². The molecule has 8 heteroatoms. The van der Waals surface area contributed by atoms with Gasteiger partial charge in [0.05, 0.1) is 4.47 Å². The van der Waals surface area contributed by atoms with Gasteiger partial charge in [-0.05, 0) is 39.0 Å². The van der Waals surface area contributed by atoms with Crippen molar-refractivity contribution in [1.29, 1.82) is 0 Å². The van der Waals surface area contributed by atoms with Crippen molar-refractivity contribution in [1.82, 2.24) is 10.9 Å². The largest absolute Gasteiger partial charge is 0.483 e. The first-order valence-corrected chi connectivity index (χ1v) is 7.81. The standard InChI is InChI=1S/C16H19BrN2O5/c1-16(2,3)10-4-5-12(11(17)8-10)24-9-14(21)19-18-13(20)6-7-15(22)23/h4-8H,9H2,1-3H3,(H,18,20)(H,19,21)(H,22,23)/b7-6-. The number of carbonyl (C=O) groups excluding carboxylic acids is 2. The van der Waals surface area contributed by atoms with Crippen LogP contribution in [0.2, 0.25) is 0 Å². The number of amides is 2. The first-order chi connectivity index (χ1) is 11.1. The van der Waals surface area contributed by atoms with Crippen LogP contribution in [0.25, 0.3) is 0 Å².